The van der Waals surface area contributed by atoms with E-state index in [2.05, 4.69) is 37.9 Å². The second-order valence-electron chi connectivity index (χ2n) is 3.98. The minimum Gasteiger partial charge on any atom is -0.355 e. The van der Waals surface area contributed by atoms with Crippen molar-refractivity contribution in [2.24, 2.45) is 0 Å². The van der Waals surface area contributed by atoms with E-state index in [-0.39, 0.29) is 5.91 Å². The van der Waals surface area contributed by atoms with Crippen LogP contribution in [0.15, 0.2) is 0 Å². The zero-order valence-corrected chi connectivity index (χ0v) is 10.7. The Hall–Kier alpha value is -0.570. The van der Waals surface area contributed by atoms with E-state index in [1.165, 1.54) is 0 Å². The normalized spacial score (nSPS) is 12.9. The summed E-state index contributed by atoms with van der Waals surface area (Å²) >= 11 is 0. The fourth-order valence-corrected chi connectivity index (χ4v) is 1.66. The zero-order valence-electron chi connectivity index (χ0n) is 10.7. The minimum absolute atomic E-state index is 0.191. The zero-order chi connectivity index (χ0) is 11.7. The molecule has 3 heteroatoms. The van der Waals surface area contributed by atoms with E-state index in [9.17, 15) is 4.79 Å². The standard InChI is InChI=1S/C12H26N2O/c1-5-8-9-12(15)13-10-11(4)14(6-2)7-3/h11H,5-10H2,1-4H3,(H,13,15). The first-order valence-electron chi connectivity index (χ1n) is 6.16. The molecule has 0 saturated carbocycles. The minimum atomic E-state index is 0.191. The Bertz CT molecular complexity index is 167. The van der Waals surface area contributed by atoms with Gasteiger partial charge in [-0.15, -0.1) is 0 Å². The predicted molar refractivity (Wildman–Crippen MR) is 64.9 cm³/mol. The Morgan fingerprint density at radius 2 is 1.87 bits per heavy atom. The Balaban J connectivity index is 3.68. The van der Waals surface area contributed by atoms with Crippen molar-refractivity contribution >= 4 is 5.91 Å². The topological polar surface area (TPSA) is 32.3 Å². The molecule has 1 unspecified atom stereocenters. The van der Waals surface area contributed by atoms with Gasteiger partial charge in [-0.3, -0.25) is 9.69 Å². The molecule has 1 amide bonds. The number of rotatable bonds is 8. The number of carbonyl (C=O) groups is 1. The number of carbonyl (C=O) groups excluding carboxylic acids is 1. The predicted octanol–water partition coefficient (Wildman–Crippen LogP) is 2.02. The third-order valence-electron chi connectivity index (χ3n) is 2.79. The molecule has 90 valence electrons. The first-order chi connectivity index (χ1) is 7.15. The summed E-state index contributed by atoms with van der Waals surface area (Å²) in [6.07, 6.45) is 2.74. The average Bonchev–Trinajstić information content (AvgIpc) is 2.25. The molecule has 0 fully saturated rings. The van der Waals surface area contributed by atoms with Gasteiger partial charge >= 0.3 is 0 Å². The molecule has 0 aromatic carbocycles. The molecule has 0 spiro atoms. The van der Waals surface area contributed by atoms with Gasteiger partial charge in [0.05, 0.1) is 0 Å². The van der Waals surface area contributed by atoms with Crippen LogP contribution < -0.4 is 5.32 Å². The second kappa shape index (κ2) is 8.72. The highest BCUT2D eigenvalue weighted by atomic mass is 16.1. The van der Waals surface area contributed by atoms with Gasteiger partial charge < -0.3 is 5.32 Å². The maximum atomic E-state index is 11.4. The van der Waals surface area contributed by atoms with Gasteiger partial charge in [-0.2, -0.15) is 0 Å². The van der Waals surface area contributed by atoms with E-state index < -0.39 is 0 Å². The van der Waals surface area contributed by atoms with Gasteiger partial charge in [0.25, 0.3) is 0 Å². The molecule has 0 bridgehead atoms. The smallest absolute Gasteiger partial charge is 0.220 e. The highest BCUT2D eigenvalue weighted by molar-refractivity contribution is 5.75. The van der Waals surface area contributed by atoms with Gasteiger partial charge in [-0.05, 0) is 26.4 Å². The van der Waals surface area contributed by atoms with Crippen LogP contribution in [0, 0.1) is 0 Å². The molecule has 1 N–H and O–H groups in total. The van der Waals surface area contributed by atoms with Gasteiger partial charge in [0.1, 0.15) is 0 Å². The fourth-order valence-electron chi connectivity index (χ4n) is 1.66. The maximum absolute atomic E-state index is 11.4. The van der Waals surface area contributed by atoms with Crippen LogP contribution in [0.25, 0.3) is 0 Å². The molecular formula is C12H26N2O. The van der Waals surface area contributed by atoms with E-state index in [0.717, 1.165) is 32.5 Å². The van der Waals surface area contributed by atoms with Gasteiger partial charge in [0, 0.05) is 19.0 Å². The first kappa shape index (κ1) is 14.4. The van der Waals surface area contributed by atoms with E-state index in [1.54, 1.807) is 0 Å². The Labute approximate surface area is 94.2 Å². The summed E-state index contributed by atoms with van der Waals surface area (Å²) in [5.74, 6) is 0.191. The number of hydrogen-bond acceptors (Lipinski definition) is 2. The molecule has 1 atom stereocenters. The van der Waals surface area contributed by atoms with Crippen LogP contribution in [0.5, 0.6) is 0 Å². The molecular weight excluding hydrogens is 188 g/mol. The van der Waals surface area contributed by atoms with Crippen LogP contribution in [0.4, 0.5) is 0 Å². The Kier molecular flexibility index (Phi) is 8.38. The second-order valence-corrected chi connectivity index (χ2v) is 3.98. The number of nitrogens with zero attached hydrogens (tertiary/aromatic N) is 1. The van der Waals surface area contributed by atoms with Crippen molar-refractivity contribution in [3.8, 4) is 0 Å². The summed E-state index contributed by atoms with van der Waals surface area (Å²) in [5.41, 5.74) is 0. The summed E-state index contributed by atoms with van der Waals surface area (Å²) in [7, 11) is 0. The van der Waals surface area contributed by atoms with Crippen molar-refractivity contribution in [2.45, 2.75) is 53.0 Å². The van der Waals surface area contributed by atoms with Gasteiger partial charge in [0.15, 0.2) is 0 Å². The highest BCUT2D eigenvalue weighted by Crippen LogP contribution is 1.98. The molecule has 0 aliphatic carbocycles. The van der Waals surface area contributed by atoms with Gasteiger partial charge in [-0.25, -0.2) is 0 Å². The van der Waals surface area contributed by atoms with Crippen LogP contribution in [0.1, 0.15) is 47.0 Å². The lowest BCUT2D eigenvalue weighted by molar-refractivity contribution is -0.121. The maximum Gasteiger partial charge on any atom is 0.220 e. The molecule has 0 radical (unpaired) electrons. The molecule has 3 nitrogen and oxygen atoms in total. The molecule has 0 rings (SSSR count). The van der Waals surface area contributed by atoms with E-state index in [1.807, 2.05) is 0 Å². The average molecular weight is 214 g/mol. The lowest BCUT2D eigenvalue weighted by Crippen LogP contribution is -2.41. The molecule has 0 aliphatic heterocycles. The van der Waals surface area contributed by atoms with Crippen molar-refractivity contribution in [2.75, 3.05) is 19.6 Å². The molecule has 0 saturated heterocycles. The molecule has 0 aromatic heterocycles. The quantitative estimate of drug-likeness (QED) is 0.670. The van der Waals surface area contributed by atoms with Crippen molar-refractivity contribution in [3.05, 3.63) is 0 Å². The largest absolute Gasteiger partial charge is 0.355 e. The molecule has 0 aromatic rings. The number of nitrogens with one attached hydrogen (secondary N) is 1. The van der Waals surface area contributed by atoms with Crippen LogP contribution in [-0.2, 0) is 4.79 Å². The van der Waals surface area contributed by atoms with Crippen molar-refractivity contribution in [1.82, 2.24) is 10.2 Å². The summed E-state index contributed by atoms with van der Waals surface area (Å²) in [5, 5.41) is 2.99. The lowest BCUT2D eigenvalue weighted by Gasteiger charge is -2.26. The third-order valence-corrected chi connectivity index (χ3v) is 2.79. The van der Waals surface area contributed by atoms with E-state index in [0.29, 0.717) is 12.5 Å². The Morgan fingerprint density at radius 1 is 1.27 bits per heavy atom. The molecule has 0 aliphatic rings. The number of likely N-dealkylation sites (N-methyl/N-ethyl adjacent to an activating group) is 1. The highest BCUT2D eigenvalue weighted by Gasteiger charge is 2.10. The fraction of sp³-hybridized carbons (Fsp3) is 0.917. The monoisotopic (exact) mass is 214 g/mol. The SMILES string of the molecule is CCCCC(=O)NCC(C)N(CC)CC. The summed E-state index contributed by atoms with van der Waals surface area (Å²) in [6, 6.07) is 0.436. The van der Waals surface area contributed by atoms with Crippen LogP contribution >= 0.6 is 0 Å². The summed E-state index contributed by atoms with van der Waals surface area (Å²) in [6.45, 7) is 11.4. The van der Waals surface area contributed by atoms with Crippen molar-refractivity contribution in [3.63, 3.8) is 0 Å². The van der Waals surface area contributed by atoms with Crippen LogP contribution in [0.3, 0.4) is 0 Å². The van der Waals surface area contributed by atoms with E-state index >= 15 is 0 Å². The van der Waals surface area contributed by atoms with Crippen molar-refractivity contribution < 1.29 is 4.79 Å². The van der Waals surface area contributed by atoms with Gasteiger partial charge in [0.2, 0.25) is 5.91 Å². The van der Waals surface area contributed by atoms with Gasteiger partial charge in [-0.1, -0.05) is 27.2 Å². The summed E-state index contributed by atoms with van der Waals surface area (Å²) in [4.78, 5) is 13.7. The molecule has 0 heterocycles. The van der Waals surface area contributed by atoms with Crippen LogP contribution in [-0.4, -0.2) is 36.5 Å². The van der Waals surface area contributed by atoms with Crippen molar-refractivity contribution in [1.29, 1.82) is 0 Å². The molecule has 15 heavy (non-hydrogen) atoms. The third kappa shape index (κ3) is 6.50. The van der Waals surface area contributed by atoms with Crippen LogP contribution in [0.2, 0.25) is 0 Å². The van der Waals surface area contributed by atoms with E-state index in [4.69, 9.17) is 0 Å². The summed E-state index contributed by atoms with van der Waals surface area (Å²) < 4.78 is 0. The number of unbranched alkanes of at least 4 members (excludes halogenated alkanes) is 1. The number of hydrogen-bond donors (Lipinski definition) is 1. The first-order valence-corrected chi connectivity index (χ1v) is 6.16. The Morgan fingerprint density at radius 3 is 2.33 bits per heavy atom. The lowest BCUT2D eigenvalue weighted by atomic mass is 10.2. The number of amides is 1.